The van der Waals surface area contributed by atoms with E-state index in [9.17, 15) is 0 Å². The summed E-state index contributed by atoms with van der Waals surface area (Å²) in [6.45, 7) is 0. The van der Waals surface area contributed by atoms with Gasteiger partial charge in [0.1, 0.15) is 5.75 Å². The average Bonchev–Trinajstić information content (AvgIpc) is 2.39. The second kappa shape index (κ2) is 5.59. The van der Waals surface area contributed by atoms with Crippen LogP contribution >= 0.6 is 15.9 Å². The average molecular weight is 291 g/mol. The van der Waals surface area contributed by atoms with Gasteiger partial charge in [0.25, 0.3) is 0 Å². The lowest BCUT2D eigenvalue weighted by Crippen LogP contribution is -1.79. The number of hydrogen-bond acceptors (Lipinski definition) is 3. The van der Waals surface area contributed by atoms with Crippen LogP contribution in [0.2, 0.25) is 0 Å². The Morgan fingerprint density at radius 2 is 1.29 bits per heavy atom. The van der Waals surface area contributed by atoms with Gasteiger partial charge in [0.2, 0.25) is 0 Å². The van der Waals surface area contributed by atoms with E-state index >= 15 is 0 Å². The van der Waals surface area contributed by atoms with Gasteiger partial charge in [-0.3, -0.25) is 0 Å². The smallest absolute Gasteiger partial charge is 0.119 e. The van der Waals surface area contributed by atoms with Crippen molar-refractivity contribution in [2.45, 2.75) is 0 Å². The quantitative estimate of drug-likeness (QED) is 0.742. The highest BCUT2D eigenvalue weighted by Crippen LogP contribution is 2.22. The van der Waals surface area contributed by atoms with Gasteiger partial charge in [0.15, 0.2) is 0 Å². The summed E-state index contributed by atoms with van der Waals surface area (Å²) >= 11 is 3.37. The highest BCUT2D eigenvalue weighted by atomic mass is 79.9. The van der Waals surface area contributed by atoms with Crippen molar-refractivity contribution < 1.29 is 4.74 Å². The van der Waals surface area contributed by atoms with Gasteiger partial charge in [0.05, 0.1) is 18.5 Å². The fraction of sp³-hybridized carbons (Fsp3) is 0.0769. The zero-order valence-corrected chi connectivity index (χ0v) is 10.9. The number of benzene rings is 2. The predicted octanol–water partition coefficient (Wildman–Crippen LogP) is 4.87. The van der Waals surface area contributed by atoms with E-state index in [0.29, 0.717) is 0 Å². The van der Waals surface area contributed by atoms with Crippen LogP contribution in [0.25, 0.3) is 0 Å². The number of azo groups is 1. The molecular weight excluding hydrogens is 280 g/mol. The molecule has 0 aromatic heterocycles. The van der Waals surface area contributed by atoms with Gasteiger partial charge in [0, 0.05) is 4.47 Å². The van der Waals surface area contributed by atoms with E-state index < -0.39 is 0 Å². The zero-order valence-electron chi connectivity index (χ0n) is 9.30. The molecule has 0 spiro atoms. The van der Waals surface area contributed by atoms with E-state index in [0.717, 1.165) is 21.6 Å². The van der Waals surface area contributed by atoms with Crippen molar-refractivity contribution in [3.05, 3.63) is 53.0 Å². The minimum atomic E-state index is 0.800. The monoisotopic (exact) mass is 290 g/mol. The second-order valence-electron chi connectivity index (χ2n) is 3.37. The molecule has 2 rings (SSSR count). The van der Waals surface area contributed by atoms with E-state index in [4.69, 9.17) is 4.74 Å². The van der Waals surface area contributed by atoms with Crippen molar-refractivity contribution in [2.75, 3.05) is 7.11 Å². The molecule has 17 heavy (non-hydrogen) atoms. The van der Waals surface area contributed by atoms with Gasteiger partial charge < -0.3 is 4.74 Å². The Kier molecular flexibility index (Phi) is 3.88. The third-order valence-electron chi connectivity index (χ3n) is 2.18. The maximum absolute atomic E-state index is 5.07. The molecule has 0 aliphatic carbocycles. The molecule has 0 unspecified atom stereocenters. The minimum absolute atomic E-state index is 0.800. The Labute approximate surface area is 108 Å². The minimum Gasteiger partial charge on any atom is -0.497 e. The van der Waals surface area contributed by atoms with Crippen LogP contribution in [0.3, 0.4) is 0 Å². The number of halogens is 1. The zero-order chi connectivity index (χ0) is 12.1. The Bertz CT molecular complexity index is 506. The van der Waals surface area contributed by atoms with Crippen LogP contribution in [0.15, 0.2) is 63.2 Å². The molecule has 0 fully saturated rings. The first kappa shape index (κ1) is 11.8. The molecular formula is C13H11BrN2O. The fourth-order valence-corrected chi connectivity index (χ4v) is 1.54. The summed E-state index contributed by atoms with van der Waals surface area (Å²) in [7, 11) is 1.64. The third kappa shape index (κ3) is 3.39. The first-order valence-corrected chi connectivity index (χ1v) is 5.88. The number of methoxy groups -OCH3 is 1. The molecule has 0 N–H and O–H groups in total. The molecule has 0 saturated heterocycles. The summed E-state index contributed by atoms with van der Waals surface area (Å²) in [5.74, 6) is 0.813. The molecule has 0 amide bonds. The van der Waals surface area contributed by atoms with Crippen molar-refractivity contribution in [3.63, 3.8) is 0 Å². The molecule has 0 aliphatic heterocycles. The highest BCUT2D eigenvalue weighted by Gasteiger charge is 1.93. The lowest BCUT2D eigenvalue weighted by atomic mass is 10.3. The number of ether oxygens (including phenoxy) is 1. The van der Waals surface area contributed by atoms with Crippen LogP contribution in [0.4, 0.5) is 11.4 Å². The summed E-state index contributed by atoms with van der Waals surface area (Å²) in [5, 5.41) is 8.27. The van der Waals surface area contributed by atoms with Crippen molar-refractivity contribution in [1.29, 1.82) is 0 Å². The highest BCUT2D eigenvalue weighted by molar-refractivity contribution is 9.10. The van der Waals surface area contributed by atoms with Crippen molar-refractivity contribution in [3.8, 4) is 5.75 Å². The predicted molar refractivity (Wildman–Crippen MR) is 71.3 cm³/mol. The van der Waals surface area contributed by atoms with Crippen LogP contribution in [-0.2, 0) is 0 Å². The molecule has 0 atom stereocenters. The van der Waals surface area contributed by atoms with Crippen LogP contribution in [0.5, 0.6) is 5.75 Å². The van der Waals surface area contributed by atoms with Crippen LogP contribution in [-0.4, -0.2) is 7.11 Å². The molecule has 0 bridgehead atoms. The topological polar surface area (TPSA) is 34.0 Å². The van der Waals surface area contributed by atoms with Gasteiger partial charge in [-0.1, -0.05) is 15.9 Å². The van der Waals surface area contributed by atoms with E-state index in [1.54, 1.807) is 7.11 Å². The third-order valence-corrected chi connectivity index (χ3v) is 2.71. The van der Waals surface area contributed by atoms with Crippen LogP contribution in [0, 0.1) is 0 Å². The molecule has 4 heteroatoms. The summed E-state index contributed by atoms with van der Waals surface area (Å²) in [4.78, 5) is 0. The van der Waals surface area contributed by atoms with Gasteiger partial charge in [-0.2, -0.15) is 10.2 Å². The second-order valence-corrected chi connectivity index (χ2v) is 4.29. The first-order chi connectivity index (χ1) is 8.28. The SMILES string of the molecule is COc1ccc(N=Nc2ccc(Br)cc2)cc1. The number of rotatable bonds is 3. The number of nitrogens with zero attached hydrogens (tertiary/aromatic N) is 2. The van der Waals surface area contributed by atoms with Crippen LogP contribution < -0.4 is 4.74 Å². The molecule has 0 aliphatic rings. The fourth-order valence-electron chi connectivity index (χ4n) is 1.27. The Morgan fingerprint density at radius 1 is 0.824 bits per heavy atom. The van der Waals surface area contributed by atoms with Crippen molar-refractivity contribution in [2.24, 2.45) is 10.2 Å². The van der Waals surface area contributed by atoms with E-state index in [-0.39, 0.29) is 0 Å². The molecule has 0 heterocycles. The normalized spacial score (nSPS) is 10.7. The van der Waals surface area contributed by atoms with Gasteiger partial charge >= 0.3 is 0 Å². The van der Waals surface area contributed by atoms with E-state index in [1.165, 1.54) is 0 Å². The molecule has 2 aromatic carbocycles. The molecule has 0 saturated carbocycles. The molecule has 0 radical (unpaired) electrons. The molecule has 3 nitrogen and oxygen atoms in total. The summed E-state index contributed by atoms with van der Waals surface area (Å²) in [6, 6.07) is 15.1. The van der Waals surface area contributed by atoms with E-state index in [1.807, 2.05) is 48.5 Å². The van der Waals surface area contributed by atoms with Gasteiger partial charge in [-0.15, -0.1) is 0 Å². The maximum atomic E-state index is 5.07. The lowest BCUT2D eigenvalue weighted by molar-refractivity contribution is 0.415. The van der Waals surface area contributed by atoms with Gasteiger partial charge in [-0.25, -0.2) is 0 Å². The largest absolute Gasteiger partial charge is 0.497 e. The lowest BCUT2D eigenvalue weighted by Gasteiger charge is -1.98. The Balaban J connectivity index is 2.11. The molecule has 86 valence electrons. The Morgan fingerprint density at radius 3 is 1.76 bits per heavy atom. The maximum Gasteiger partial charge on any atom is 0.119 e. The molecule has 2 aromatic rings. The van der Waals surface area contributed by atoms with Crippen molar-refractivity contribution in [1.82, 2.24) is 0 Å². The van der Waals surface area contributed by atoms with Gasteiger partial charge in [-0.05, 0) is 48.5 Å². The van der Waals surface area contributed by atoms with Crippen LogP contribution in [0.1, 0.15) is 0 Å². The van der Waals surface area contributed by atoms with E-state index in [2.05, 4.69) is 26.2 Å². The summed E-state index contributed by atoms with van der Waals surface area (Å²) < 4.78 is 6.10. The first-order valence-electron chi connectivity index (χ1n) is 5.09. The Hall–Kier alpha value is -1.68. The number of hydrogen-bond donors (Lipinski definition) is 0. The standard InChI is InChI=1S/C13H11BrN2O/c1-17-13-8-6-12(7-9-13)16-15-11-4-2-10(14)3-5-11/h2-9H,1H3. The summed E-state index contributed by atoms with van der Waals surface area (Å²) in [6.07, 6.45) is 0. The summed E-state index contributed by atoms with van der Waals surface area (Å²) in [5.41, 5.74) is 1.62. The van der Waals surface area contributed by atoms with Crippen molar-refractivity contribution >= 4 is 27.3 Å².